The Morgan fingerprint density at radius 2 is 2.00 bits per heavy atom. The number of carboxylic acids is 1. The zero-order valence-electron chi connectivity index (χ0n) is 12.2. The molecule has 0 saturated heterocycles. The van der Waals surface area contributed by atoms with Crippen LogP contribution >= 0.6 is 0 Å². The second-order valence-electron chi connectivity index (χ2n) is 6.08. The molecule has 6 heteroatoms. The molecule has 2 aliphatic rings. The largest absolute Gasteiger partial charge is 0.480 e. The van der Waals surface area contributed by atoms with Gasteiger partial charge in [0.2, 0.25) is 0 Å². The summed E-state index contributed by atoms with van der Waals surface area (Å²) in [6.45, 7) is 1.56. The number of amides is 1. The Morgan fingerprint density at radius 3 is 2.57 bits per heavy atom. The highest BCUT2D eigenvalue weighted by molar-refractivity contribution is 5.95. The first-order valence-corrected chi connectivity index (χ1v) is 7.68. The van der Waals surface area contributed by atoms with E-state index in [-0.39, 0.29) is 11.9 Å². The molecule has 1 amide bonds. The standard InChI is InChI=1S/C15H21N3O3/c1-10(15(20)21)18(12-6-7-12)14(19)13-8-9-17(16-13)11-4-2-3-5-11/h8-12H,2-7H2,1H3,(H,20,21). The van der Waals surface area contributed by atoms with Gasteiger partial charge in [-0.15, -0.1) is 0 Å². The highest BCUT2D eigenvalue weighted by Crippen LogP contribution is 2.31. The van der Waals surface area contributed by atoms with Gasteiger partial charge in [-0.1, -0.05) is 12.8 Å². The molecule has 0 aliphatic heterocycles. The van der Waals surface area contributed by atoms with Crippen LogP contribution in [0.3, 0.4) is 0 Å². The van der Waals surface area contributed by atoms with Gasteiger partial charge in [-0.3, -0.25) is 9.48 Å². The lowest BCUT2D eigenvalue weighted by Gasteiger charge is -2.25. The monoisotopic (exact) mass is 291 g/mol. The lowest BCUT2D eigenvalue weighted by Crippen LogP contribution is -2.44. The second kappa shape index (κ2) is 5.50. The molecule has 2 saturated carbocycles. The summed E-state index contributed by atoms with van der Waals surface area (Å²) in [6, 6.07) is 1.35. The van der Waals surface area contributed by atoms with Crippen LogP contribution in [0.1, 0.15) is 62.0 Å². The number of hydrogen-bond acceptors (Lipinski definition) is 3. The zero-order valence-corrected chi connectivity index (χ0v) is 12.2. The van der Waals surface area contributed by atoms with E-state index in [1.807, 2.05) is 10.9 Å². The van der Waals surface area contributed by atoms with Crippen LogP contribution in [-0.4, -0.2) is 43.7 Å². The third kappa shape index (κ3) is 2.80. The number of hydrogen-bond donors (Lipinski definition) is 1. The molecular weight excluding hydrogens is 270 g/mol. The molecule has 0 spiro atoms. The molecular formula is C15H21N3O3. The van der Waals surface area contributed by atoms with Crippen molar-refractivity contribution in [3.05, 3.63) is 18.0 Å². The highest BCUT2D eigenvalue weighted by atomic mass is 16.4. The maximum absolute atomic E-state index is 12.6. The molecule has 3 rings (SSSR count). The van der Waals surface area contributed by atoms with Gasteiger partial charge >= 0.3 is 5.97 Å². The van der Waals surface area contributed by atoms with E-state index in [9.17, 15) is 14.7 Å². The van der Waals surface area contributed by atoms with Gasteiger partial charge in [-0.25, -0.2) is 4.79 Å². The molecule has 1 unspecified atom stereocenters. The summed E-state index contributed by atoms with van der Waals surface area (Å²) in [5, 5.41) is 13.6. The van der Waals surface area contributed by atoms with Gasteiger partial charge in [-0.2, -0.15) is 5.10 Å². The number of aliphatic carboxylic acids is 1. The zero-order chi connectivity index (χ0) is 15.0. The van der Waals surface area contributed by atoms with E-state index in [4.69, 9.17) is 0 Å². The summed E-state index contributed by atoms with van der Waals surface area (Å²) < 4.78 is 1.87. The van der Waals surface area contributed by atoms with Crippen LogP contribution in [0.5, 0.6) is 0 Å². The van der Waals surface area contributed by atoms with E-state index in [1.54, 1.807) is 13.0 Å². The van der Waals surface area contributed by atoms with Crippen molar-refractivity contribution in [3.8, 4) is 0 Å². The van der Waals surface area contributed by atoms with Crippen LogP contribution < -0.4 is 0 Å². The summed E-state index contributed by atoms with van der Waals surface area (Å²) in [6.07, 6.45) is 8.23. The number of rotatable bonds is 5. The van der Waals surface area contributed by atoms with Gasteiger partial charge in [0, 0.05) is 12.2 Å². The van der Waals surface area contributed by atoms with Crippen molar-refractivity contribution in [2.24, 2.45) is 0 Å². The maximum Gasteiger partial charge on any atom is 0.326 e. The molecule has 21 heavy (non-hydrogen) atoms. The molecule has 2 aliphatic carbocycles. The first-order chi connectivity index (χ1) is 10.1. The van der Waals surface area contributed by atoms with Crippen molar-refractivity contribution in [3.63, 3.8) is 0 Å². The molecule has 0 bridgehead atoms. The average Bonchev–Trinajstić information content (AvgIpc) is 2.97. The highest BCUT2D eigenvalue weighted by Gasteiger charge is 2.39. The van der Waals surface area contributed by atoms with Gasteiger partial charge in [0.05, 0.1) is 6.04 Å². The van der Waals surface area contributed by atoms with Crippen LogP contribution in [0, 0.1) is 0 Å². The van der Waals surface area contributed by atoms with E-state index in [0.717, 1.165) is 25.7 Å². The Hall–Kier alpha value is -1.85. The van der Waals surface area contributed by atoms with Crippen molar-refractivity contribution in [1.82, 2.24) is 14.7 Å². The Bertz CT molecular complexity index is 544. The molecule has 1 atom stereocenters. The van der Waals surface area contributed by atoms with Gasteiger partial charge < -0.3 is 10.0 Å². The fourth-order valence-corrected chi connectivity index (χ4v) is 3.09. The van der Waals surface area contributed by atoms with Crippen LogP contribution in [0.2, 0.25) is 0 Å². The summed E-state index contributed by atoms with van der Waals surface area (Å²) in [5.41, 5.74) is 0.363. The normalized spacial score (nSPS) is 20.4. The van der Waals surface area contributed by atoms with Crippen LogP contribution in [0.4, 0.5) is 0 Å². The maximum atomic E-state index is 12.6. The van der Waals surface area contributed by atoms with Crippen molar-refractivity contribution >= 4 is 11.9 Å². The fourth-order valence-electron chi connectivity index (χ4n) is 3.09. The number of aromatic nitrogens is 2. The molecule has 6 nitrogen and oxygen atoms in total. The molecule has 114 valence electrons. The predicted octanol–water partition coefficient (Wildman–Crippen LogP) is 2.08. The number of carbonyl (C=O) groups excluding carboxylic acids is 1. The van der Waals surface area contributed by atoms with E-state index in [0.29, 0.717) is 11.7 Å². The molecule has 2 fully saturated rings. The minimum absolute atomic E-state index is 0.0558. The Balaban J connectivity index is 1.78. The summed E-state index contributed by atoms with van der Waals surface area (Å²) in [5.74, 6) is -1.23. The van der Waals surface area contributed by atoms with E-state index < -0.39 is 12.0 Å². The first-order valence-electron chi connectivity index (χ1n) is 7.68. The van der Waals surface area contributed by atoms with Crippen molar-refractivity contribution < 1.29 is 14.7 Å². The Kier molecular flexibility index (Phi) is 3.69. The molecule has 1 N–H and O–H groups in total. The van der Waals surface area contributed by atoms with Gasteiger partial charge in [0.1, 0.15) is 11.7 Å². The summed E-state index contributed by atoms with van der Waals surface area (Å²) in [7, 11) is 0. The fraction of sp³-hybridized carbons (Fsp3) is 0.667. The minimum atomic E-state index is -0.967. The smallest absolute Gasteiger partial charge is 0.326 e. The van der Waals surface area contributed by atoms with Crippen molar-refractivity contribution in [2.75, 3.05) is 0 Å². The topological polar surface area (TPSA) is 75.4 Å². The quantitative estimate of drug-likeness (QED) is 0.901. The molecule has 1 heterocycles. The van der Waals surface area contributed by atoms with E-state index >= 15 is 0 Å². The first kappa shape index (κ1) is 14.1. The Morgan fingerprint density at radius 1 is 1.33 bits per heavy atom. The van der Waals surface area contributed by atoms with Gasteiger partial charge in [0.25, 0.3) is 5.91 Å². The van der Waals surface area contributed by atoms with E-state index in [1.165, 1.54) is 17.7 Å². The lowest BCUT2D eigenvalue weighted by atomic mass is 10.2. The third-order valence-corrected chi connectivity index (χ3v) is 4.48. The molecule has 0 aromatic carbocycles. The minimum Gasteiger partial charge on any atom is -0.480 e. The molecule has 1 aromatic rings. The van der Waals surface area contributed by atoms with Crippen molar-refractivity contribution in [1.29, 1.82) is 0 Å². The average molecular weight is 291 g/mol. The molecule has 1 aromatic heterocycles. The van der Waals surface area contributed by atoms with E-state index in [2.05, 4.69) is 5.10 Å². The number of carboxylic acid groups (broad SMARTS) is 1. The second-order valence-corrected chi connectivity index (χ2v) is 6.08. The molecule has 0 radical (unpaired) electrons. The van der Waals surface area contributed by atoms with Gasteiger partial charge in [0.15, 0.2) is 0 Å². The van der Waals surface area contributed by atoms with Gasteiger partial charge in [-0.05, 0) is 38.7 Å². The lowest BCUT2D eigenvalue weighted by molar-refractivity contribution is -0.141. The van der Waals surface area contributed by atoms with Crippen LogP contribution in [-0.2, 0) is 4.79 Å². The van der Waals surface area contributed by atoms with Crippen LogP contribution in [0.25, 0.3) is 0 Å². The third-order valence-electron chi connectivity index (χ3n) is 4.48. The van der Waals surface area contributed by atoms with Crippen molar-refractivity contribution in [2.45, 2.75) is 63.6 Å². The predicted molar refractivity (Wildman–Crippen MR) is 76.0 cm³/mol. The number of nitrogens with zero attached hydrogens (tertiary/aromatic N) is 3. The summed E-state index contributed by atoms with van der Waals surface area (Å²) >= 11 is 0. The number of carbonyl (C=O) groups is 2. The SMILES string of the molecule is CC(C(=O)O)N(C(=O)c1ccn(C2CCCC2)n1)C1CC1. The Labute approximate surface area is 123 Å². The van der Waals surface area contributed by atoms with Crippen LogP contribution in [0.15, 0.2) is 12.3 Å². The summed E-state index contributed by atoms with van der Waals surface area (Å²) in [4.78, 5) is 25.3.